The minimum atomic E-state index is -0.437. The number of hydrogen-bond donors (Lipinski definition) is 1. The molecule has 2 aromatic rings. The quantitative estimate of drug-likeness (QED) is 0.0984. The third kappa shape index (κ3) is 11.1. The summed E-state index contributed by atoms with van der Waals surface area (Å²) in [5.41, 5.74) is 3.82. The van der Waals surface area contributed by atoms with Crippen molar-refractivity contribution in [2.24, 2.45) is 5.10 Å². The first-order valence-corrected chi connectivity index (χ1v) is 12.5. The fraction of sp³-hybridized carbons (Fsp3) is 0.464. The van der Waals surface area contributed by atoms with Crippen molar-refractivity contribution in [1.29, 1.82) is 0 Å². The van der Waals surface area contributed by atoms with E-state index in [0.29, 0.717) is 30.1 Å². The Morgan fingerprint density at radius 2 is 1.38 bits per heavy atom. The van der Waals surface area contributed by atoms with Crippen LogP contribution < -0.4 is 14.9 Å². The molecule has 6 nitrogen and oxygen atoms in total. The van der Waals surface area contributed by atoms with Gasteiger partial charge < -0.3 is 9.47 Å². The van der Waals surface area contributed by atoms with Gasteiger partial charge in [0.25, 0.3) is 0 Å². The zero-order chi connectivity index (χ0) is 24.4. The average Bonchev–Trinajstić information content (AvgIpc) is 2.85. The maximum atomic E-state index is 12.3. The van der Waals surface area contributed by atoms with Gasteiger partial charge in [0.1, 0.15) is 11.5 Å². The molecule has 0 radical (unpaired) electrons. The largest absolute Gasteiger partial charge is 0.494 e. The molecule has 1 N–H and O–H groups in total. The Kier molecular flexibility index (Phi) is 13.1. The summed E-state index contributed by atoms with van der Waals surface area (Å²) in [6.07, 6.45) is 13.1. The molecule has 0 aliphatic rings. The third-order valence-electron chi connectivity index (χ3n) is 5.40. The molecule has 6 heteroatoms. The van der Waals surface area contributed by atoms with Crippen LogP contribution in [-0.4, -0.2) is 24.7 Å². The molecule has 0 spiro atoms. The van der Waals surface area contributed by atoms with Crippen LogP contribution in [0.3, 0.4) is 0 Å². The van der Waals surface area contributed by atoms with E-state index >= 15 is 0 Å². The van der Waals surface area contributed by atoms with Crippen LogP contribution in [0.5, 0.6) is 11.5 Å². The molecule has 0 aliphatic heterocycles. The molecule has 0 unspecified atom stereocenters. The zero-order valence-electron chi connectivity index (χ0n) is 20.6. The predicted molar refractivity (Wildman–Crippen MR) is 137 cm³/mol. The summed E-state index contributed by atoms with van der Waals surface area (Å²) in [5, 5.41) is 4.02. The molecule has 0 fully saturated rings. The van der Waals surface area contributed by atoms with Crippen molar-refractivity contribution >= 4 is 18.1 Å². The highest BCUT2D eigenvalue weighted by molar-refractivity contribution is 5.91. The summed E-state index contributed by atoms with van der Waals surface area (Å²) < 4.78 is 10.8. The number of carbonyl (C=O) groups excluding carboxylic acids is 2. The van der Waals surface area contributed by atoms with Gasteiger partial charge >= 0.3 is 5.97 Å². The Hall–Kier alpha value is -3.15. The average molecular weight is 467 g/mol. The smallest absolute Gasteiger partial charge is 0.343 e. The first-order chi connectivity index (χ1) is 16.6. The van der Waals surface area contributed by atoms with Crippen molar-refractivity contribution in [2.75, 3.05) is 6.61 Å². The van der Waals surface area contributed by atoms with Crippen LogP contribution in [-0.2, 0) is 4.79 Å². The number of unbranched alkanes of at least 4 members (excludes halogenated alkanes) is 8. The van der Waals surface area contributed by atoms with Crippen LogP contribution in [0.2, 0.25) is 0 Å². The van der Waals surface area contributed by atoms with Gasteiger partial charge in [0.05, 0.1) is 18.4 Å². The van der Waals surface area contributed by atoms with Crippen LogP contribution >= 0.6 is 0 Å². The molecular weight excluding hydrogens is 428 g/mol. The van der Waals surface area contributed by atoms with Gasteiger partial charge in [-0.2, -0.15) is 5.10 Å². The minimum Gasteiger partial charge on any atom is -0.494 e. The number of hydrazone groups is 1. The van der Waals surface area contributed by atoms with Crippen LogP contribution in [0.1, 0.15) is 94.0 Å². The first-order valence-electron chi connectivity index (χ1n) is 12.5. The van der Waals surface area contributed by atoms with Crippen LogP contribution in [0, 0.1) is 0 Å². The number of amides is 1. The van der Waals surface area contributed by atoms with Crippen molar-refractivity contribution in [1.82, 2.24) is 5.43 Å². The second-order valence-corrected chi connectivity index (χ2v) is 8.29. The van der Waals surface area contributed by atoms with Crippen LogP contribution in [0.15, 0.2) is 53.6 Å². The highest BCUT2D eigenvalue weighted by atomic mass is 16.5. The topological polar surface area (TPSA) is 77.0 Å². The molecule has 1 amide bonds. The predicted octanol–water partition coefficient (Wildman–Crippen LogP) is 6.68. The molecular formula is C28H38N2O4. The van der Waals surface area contributed by atoms with E-state index < -0.39 is 5.97 Å². The van der Waals surface area contributed by atoms with Gasteiger partial charge in [0, 0.05) is 6.42 Å². The normalized spacial score (nSPS) is 10.9. The van der Waals surface area contributed by atoms with Gasteiger partial charge in [-0.05, 0) is 67.4 Å². The Labute approximate surface area is 203 Å². The van der Waals surface area contributed by atoms with Gasteiger partial charge in [0.15, 0.2) is 0 Å². The lowest BCUT2D eigenvalue weighted by atomic mass is 10.1. The van der Waals surface area contributed by atoms with Gasteiger partial charge in [-0.25, -0.2) is 10.2 Å². The number of benzene rings is 2. The van der Waals surface area contributed by atoms with Crippen LogP contribution in [0.25, 0.3) is 0 Å². The number of esters is 1. The second kappa shape index (κ2) is 16.5. The van der Waals surface area contributed by atoms with E-state index in [1.54, 1.807) is 54.7 Å². The van der Waals surface area contributed by atoms with E-state index in [1.807, 2.05) is 6.92 Å². The molecule has 0 aliphatic carbocycles. The molecule has 0 heterocycles. The van der Waals surface area contributed by atoms with Gasteiger partial charge in [-0.1, -0.05) is 58.3 Å². The summed E-state index contributed by atoms with van der Waals surface area (Å²) in [7, 11) is 0. The van der Waals surface area contributed by atoms with Crippen molar-refractivity contribution in [3.63, 3.8) is 0 Å². The number of rotatable bonds is 16. The Bertz CT molecular complexity index is 876. The Morgan fingerprint density at radius 3 is 2.00 bits per heavy atom. The van der Waals surface area contributed by atoms with Crippen LogP contribution in [0.4, 0.5) is 0 Å². The number of nitrogens with zero attached hydrogens (tertiary/aromatic N) is 1. The summed E-state index contributed by atoms with van der Waals surface area (Å²) in [4.78, 5) is 24.2. The number of hydrogen-bond acceptors (Lipinski definition) is 5. The van der Waals surface area contributed by atoms with E-state index in [2.05, 4.69) is 17.5 Å². The van der Waals surface area contributed by atoms with Crippen molar-refractivity contribution in [3.8, 4) is 11.5 Å². The lowest BCUT2D eigenvalue weighted by Crippen LogP contribution is -2.16. The lowest BCUT2D eigenvalue weighted by Gasteiger charge is -2.06. The Morgan fingerprint density at radius 1 is 0.794 bits per heavy atom. The van der Waals surface area contributed by atoms with E-state index in [9.17, 15) is 9.59 Å². The lowest BCUT2D eigenvalue weighted by molar-refractivity contribution is -0.121. The molecule has 184 valence electrons. The number of nitrogens with one attached hydrogen (secondary N) is 1. The molecule has 0 saturated carbocycles. The molecule has 0 saturated heterocycles. The maximum absolute atomic E-state index is 12.3. The fourth-order valence-corrected chi connectivity index (χ4v) is 3.47. The SMILES string of the molecule is CCCCCCCCCCCC(=O)N/N=C/c1ccc(OC(=O)c2ccc(OCC)cc2)cc1. The summed E-state index contributed by atoms with van der Waals surface area (Å²) >= 11 is 0. The highest BCUT2D eigenvalue weighted by Gasteiger charge is 2.09. The third-order valence-corrected chi connectivity index (χ3v) is 5.40. The molecule has 0 bridgehead atoms. The van der Waals surface area contributed by atoms with Crippen molar-refractivity contribution in [3.05, 3.63) is 59.7 Å². The molecule has 0 atom stereocenters. The standard InChI is InChI=1S/C28H38N2O4/c1-3-5-6-7-8-9-10-11-12-13-27(31)30-29-22-23-14-18-26(19-15-23)34-28(32)24-16-20-25(21-17-24)33-4-2/h14-22H,3-13H2,1-2H3,(H,30,31)/b29-22+. The van der Waals surface area contributed by atoms with E-state index in [1.165, 1.54) is 44.9 Å². The highest BCUT2D eigenvalue weighted by Crippen LogP contribution is 2.16. The molecule has 2 aromatic carbocycles. The van der Waals surface area contributed by atoms with Crippen molar-refractivity contribution in [2.45, 2.75) is 78.1 Å². The number of ether oxygens (including phenoxy) is 2. The molecule has 0 aromatic heterocycles. The van der Waals surface area contributed by atoms with Gasteiger partial charge in [0.2, 0.25) is 5.91 Å². The summed E-state index contributed by atoms with van der Waals surface area (Å²) in [6.45, 7) is 4.71. The summed E-state index contributed by atoms with van der Waals surface area (Å²) in [6, 6.07) is 13.8. The number of carbonyl (C=O) groups is 2. The van der Waals surface area contributed by atoms with Gasteiger partial charge in [-0.15, -0.1) is 0 Å². The zero-order valence-corrected chi connectivity index (χ0v) is 20.6. The van der Waals surface area contributed by atoms with E-state index in [4.69, 9.17) is 9.47 Å². The minimum absolute atomic E-state index is 0.0694. The first kappa shape index (κ1) is 27.1. The summed E-state index contributed by atoms with van der Waals surface area (Å²) in [5.74, 6) is 0.640. The van der Waals surface area contributed by atoms with Gasteiger partial charge in [-0.3, -0.25) is 4.79 Å². The maximum Gasteiger partial charge on any atom is 0.343 e. The second-order valence-electron chi connectivity index (χ2n) is 8.29. The van der Waals surface area contributed by atoms with E-state index in [-0.39, 0.29) is 5.91 Å². The van der Waals surface area contributed by atoms with Crippen molar-refractivity contribution < 1.29 is 19.1 Å². The molecule has 2 rings (SSSR count). The fourth-order valence-electron chi connectivity index (χ4n) is 3.47. The monoisotopic (exact) mass is 466 g/mol. The Balaban J connectivity index is 1.63. The molecule has 34 heavy (non-hydrogen) atoms. The van der Waals surface area contributed by atoms with E-state index in [0.717, 1.165) is 18.4 Å².